The summed E-state index contributed by atoms with van der Waals surface area (Å²) < 4.78 is 2.05. The Morgan fingerprint density at radius 3 is 2.57 bits per heavy atom. The molecule has 2 aromatic heterocycles. The fourth-order valence-electron chi connectivity index (χ4n) is 3.46. The van der Waals surface area contributed by atoms with Gasteiger partial charge < -0.3 is 10.2 Å². The maximum Gasteiger partial charge on any atom is 0.198 e. The van der Waals surface area contributed by atoms with Crippen LogP contribution in [0.25, 0.3) is 5.65 Å². The minimum absolute atomic E-state index is 0. The zero-order valence-corrected chi connectivity index (χ0v) is 18.3. The van der Waals surface area contributed by atoms with Crippen LogP contribution in [-0.2, 0) is 6.42 Å². The summed E-state index contributed by atoms with van der Waals surface area (Å²) in [6, 6.07) is 16.3. The summed E-state index contributed by atoms with van der Waals surface area (Å²) in [7, 11) is 0. The topological polar surface area (TPSA) is 57.8 Å². The van der Waals surface area contributed by atoms with Crippen molar-refractivity contribution in [1.29, 1.82) is 0 Å². The van der Waals surface area contributed by atoms with Crippen molar-refractivity contribution in [2.75, 3.05) is 25.0 Å². The molecule has 1 aromatic carbocycles. The first-order chi connectivity index (χ1) is 13.4. The van der Waals surface area contributed by atoms with E-state index in [-0.39, 0.29) is 24.0 Å². The van der Waals surface area contributed by atoms with Crippen LogP contribution in [0.15, 0.2) is 59.7 Å². The average Bonchev–Trinajstić information content (AvgIpc) is 3.15. The smallest absolute Gasteiger partial charge is 0.198 e. The van der Waals surface area contributed by atoms with Crippen LogP contribution in [0.2, 0.25) is 0 Å². The highest BCUT2D eigenvalue weighted by molar-refractivity contribution is 14.0. The molecule has 1 aliphatic heterocycles. The third-order valence-electron chi connectivity index (χ3n) is 4.89. The second kappa shape index (κ2) is 10.4. The van der Waals surface area contributed by atoms with Crippen LogP contribution in [0.4, 0.5) is 5.69 Å². The van der Waals surface area contributed by atoms with Gasteiger partial charge in [0.25, 0.3) is 0 Å². The highest BCUT2D eigenvalue weighted by Gasteiger charge is 2.15. The van der Waals surface area contributed by atoms with Gasteiger partial charge in [-0.2, -0.15) is 0 Å². The Labute approximate surface area is 183 Å². The zero-order chi connectivity index (χ0) is 18.3. The van der Waals surface area contributed by atoms with Crippen molar-refractivity contribution in [3.63, 3.8) is 0 Å². The number of aliphatic imine (C=N–C) groups is 1. The number of aromatic nitrogens is 3. The highest BCUT2D eigenvalue weighted by atomic mass is 127. The minimum atomic E-state index is 0. The first-order valence-electron chi connectivity index (χ1n) is 9.80. The summed E-state index contributed by atoms with van der Waals surface area (Å²) in [6.07, 6.45) is 7.62. The third kappa shape index (κ3) is 5.21. The van der Waals surface area contributed by atoms with Crippen LogP contribution in [0.3, 0.4) is 0 Å². The van der Waals surface area contributed by atoms with E-state index in [2.05, 4.69) is 36.9 Å². The van der Waals surface area contributed by atoms with Gasteiger partial charge in [0.1, 0.15) is 5.82 Å². The summed E-state index contributed by atoms with van der Waals surface area (Å²) in [5.41, 5.74) is 1.99. The van der Waals surface area contributed by atoms with Gasteiger partial charge >= 0.3 is 0 Å². The number of para-hydroxylation sites is 1. The number of hydrogen-bond acceptors (Lipinski definition) is 3. The van der Waals surface area contributed by atoms with Crippen molar-refractivity contribution in [3.05, 3.63) is 60.6 Å². The van der Waals surface area contributed by atoms with Gasteiger partial charge in [-0.3, -0.25) is 9.39 Å². The van der Waals surface area contributed by atoms with E-state index in [0.29, 0.717) is 0 Å². The molecule has 4 rings (SSSR count). The van der Waals surface area contributed by atoms with Gasteiger partial charge in [0.2, 0.25) is 0 Å². The molecule has 0 bridgehead atoms. The fraction of sp³-hybridized carbons (Fsp3) is 0.381. The Hall–Kier alpha value is -2.16. The Kier molecular flexibility index (Phi) is 7.64. The molecule has 148 valence electrons. The van der Waals surface area contributed by atoms with E-state index >= 15 is 0 Å². The molecule has 3 heterocycles. The predicted octanol–water partition coefficient (Wildman–Crippen LogP) is 4.23. The van der Waals surface area contributed by atoms with E-state index in [1.807, 2.05) is 42.6 Å². The second-order valence-corrected chi connectivity index (χ2v) is 6.89. The number of fused-ring (bicyclic) bond motifs is 1. The lowest BCUT2D eigenvalue weighted by molar-refractivity contribution is 0.340. The minimum Gasteiger partial charge on any atom is -0.343 e. The molecule has 0 amide bonds. The van der Waals surface area contributed by atoms with Gasteiger partial charge in [0.15, 0.2) is 11.6 Å². The molecular weight excluding hydrogens is 463 g/mol. The molecule has 7 heteroatoms. The van der Waals surface area contributed by atoms with Crippen molar-refractivity contribution in [1.82, 2.24) is 19.5 Å². The predicted molar refractivity (Wildman–Crippen MR) is 125 cm³/mol. The van der Waals surface area contributed by atoms with Crippen LogP contribution in [0.5, 0.6) is 0 Å². The Morgan fingerprint density at radius 1 is 0.964 bits per heavy atom. The molecule has 0 aliphatic carbocycles. The number of nitrogens with zero attached hydrogens (tertiary/aromatic N) is 5. The summed E-state index contributed by atoms with van der Waals surface area (Å²) >= 11 is 0. The lowest BCUT2D eigenvalue weighted by Crippen LogP contribution is -2.40. The lowest BCUT2D eigenvalue weighted by atomic mass is 10.1. The number of aryl methyl sites for hydroxylation is 1. The van der Waals surface area contributed by atoms with Gasteiger partial charge in [-0.15, -0.1) is 34.2 Å². The van der Waals surface area contributed by atoms with E-state index in [1.54, 1.807) is 0 Å². The molecule has 1 aliphatic rings. The Bertz CT molecular complexity index is 886. The molecular formula is C21H27IN6. The number of halogens is 1. The molecule has 0 radical (unpaired) electrons. The maximum absolute atomic E-state index is 4.90. The number of piperidine rings is 1. The molecule has 1 fully saturated rings. The van der Waals surface area contributed by atoms with Crippen LogP contribution in [-0.4, -0.2) is 45.1 Å². The Morgan fingerprint density at radius 2 is 1.75 bits per heavy atom. The van der Waals surface area contributed by atoms with Gasteiger partial charge in [0.05, 0.1) is 0 Å². The van der Waals surface area contributed by atoms with Crippen molar-refractivity contribution < 1.29 is 0 Å². The van der Waals surface area contributed by atoms with Crippen LogP contribution < -0.4 is 5.32 Å². The molecule has 6 nitrogen and oxygen atoms in total. The maximum atomic E-state index is 4.90. The van der Waals surface area contributed by atoms with E-state index in [9.17, 15) is 0 Å². The van der Waals surface area contributed by atoms with Crippen molar-refractivity contribution >= 4 is 41.3 Å². The fourth-order valence-corrected chi connectivity index (χ4v) is 3.46. The first kappa shape index (κ1) is 20.6. The van der Waals surface area contributed by atoms with Crippen LogP contribution in [0, 0.1) is 0 Å². The molecule has 1 N–H and O–H groups in total. The molecule has 0 spiro atoms. The number of anilines is 1. The number of guanidine groups is 1. The summed E-state index contributed by atoms with van der Waals surface area (Å²) in [5.74, 6) is 1.99. The average molecular weight is 490 g/mol. The largest absolute Gasteiger partial charge is 0.343 e. The van der Waals surface area contributed by atoms with E-state index in [0.717, 1.165) is 55.6 Å². The van der Waals surface area contributed by atoms with Gasteiger partial charge in [-0.1, -0.05) is 24.3 Å². The molecule has 1 saturated heterocycles. The molecule has 28 heavy (non-hydrogen) atoms. The zero-order valence-electron chi connectivity index (χ0n) is 16.0. The molecule has 0 saturated carbocycles. The van der Waals surface area contributed by atoms with E-state index in [1.165, 1.54) is 19.3 Å². The highest BCUT2D eigenvalue weighted by Crippen LogP contribution is 2.13. The SMILES string of the molecule is I.c1ccc(NC(=NCCCc2nnc3ccccn23)N2CCCCC2)cc1. The van der Waals surface area contributed by atoms with Gasteiger partial charge in [-0.25, -0.2) is 0 Å². The first-order valence-corrected chi connectivity index (χ1v) is 9.80. The summed E-state index contributed by atoms with van der Waals surface area (Å²) in [6.45, 7) is 2.92. The van der Waals surface area contributed by atoms with Gasteiger partial charge in [-0.05, 0) is 49.9 Å². The van der Waals surface area contributed by atoms with Crippen molar-refractivity contribution in [2.24, 2.45) is 4.99 Å². The molecule has 0 unspecified atom stereocenters. The van der Waals surface area contributed by atoms with Crippen LogP contribution in [0.1, 0.15) is 31.5 Å². The quantitative estimate of drug-likeness (QED) is 0.252. The van der Waals surface area contributed by atoms with E-state index in [4.69, 9.17) is 4.99 Å². The summed E-state index contributed by atoms with van der Waals surface area (Å²) in [5, 5.41) is 12.0. The number of nitrogens with one attached hydrogen (secondary N) is 1. The number of rotatable bonds is 5. The number of likely N-dealkylation sites (tertiary alicyclic amines) is 1. The number of hydrogen-bond donors (Lipinski definition) is 1. The molecule has 3 aromatic rings. The van der Waals surface area contributed by atoms with E-state index < -0.39 is 0 Å². The van der Waals surface area contributed by atoms with Crippen molar-refractivity contribution in [3.8, 4) is 0 Å². The monoisotopic (exact) mass is 490 g/mol. The Balaban J connectivity index is 0.00000225. The normalized spacial score (nSPS) is 14.7. The standard InChI is InChI=1S/C21H26N6.HI/c1-3-10-18(11-4-1)23-21(26-15-6-2-7-16-26)22-14-9-13-20-25-24-19-12-5-8-17-27(19)20;/h1,3-5,8,10-12,17H,2,6-7,9,13-16H2,(H,22,23);1H. The summed E-state index contributed by atoms with van der Waals surface area (Å²) in [4.78, 5) is 7.27. The number of pyridine rings is 1. The third-order valence-corrected chi connectivity index (χ3v) is 4.89. The van der Waals surface area contributed by atoms with Crippen LogP contribution >= 0.6 is 24.0 Å². The van der Waals surface area contributed by atoms with Crippen molar-refractivity contribution in [2.45, 2.75) is 32.1 Å². The number of benzene rings is 1. The van der Waals surface area contributed by atoms with Gasteiger partial charge in [0, 0.05) is 37.9 Å². The second-order valence-electron chi connectivity index (χ2n) is 6.89. The lowest BCUT2D eigenvalue weighted by Gasteiger charge is -2.30. The molecule has 0 atom stereocenters.